The predicted molar refractivity (Wildman–Crippen MR) is 102 cm³/mol. The van der Waals surface area contributed by atoms with Gasteiger partial charge in [-0.05, 0) is 42.4 Å². The first-order valence-electron chi connectivity index (χ1n) is 9.18. The van der Waals surface area contributed by atoms with E-state index >= 15 is 0 Å². The first kappa shape index (κ1) is 20.0. The average Bonchev–Trinajstić information content (AvgIpc) is 2.71. The monoisotopic (exact) mass is 389 g/mol. The van der Waals surface area contributed by atoms with Crippen molar-refractivity contribution in [3.63, 3.8) is 0 Å². The summed E-state index contributed by atoms with van der Waals surface area (Å²) in [6, 6.07) is 8.99. The second-order valence-corrected chi connectivity index (χ2v) is 6.67. The Bertz CT molecular complexity index is 852. The molecule has 1 aliphatic rings. The minimum Gasteiger partial charge on any atom is -0.380 e. The number of anilines is 2. The van der Waals surface area contributed by atoms with Crippen LogP contribution in [0.1, 0.15) is 23.6 Å². The highest BCUT2D eigenvalue weighted by Crippen LogP contribution is 2.35. The van der Waals surface area contributed by atoms with Crippen LogP contribution in [0.4, 0.5) is 24.7 Å². The van der Waals surface area contributed by atoms with Gasteiger partial charge in [0.15, 0.2) is 0 Å². The zero-order valence-corrected chi connectivity index (χ0v) is 15.6. The fourth-order valence-corrected chi connectivity index (χ4v) is 3.24. The van der Waals surface area contributed by atoms with Gasteiger partial charge < -0.3 is 15.1 Å². The topological polar surface area (TPSA) is 55.2 Å². The van der Waals surface area contributed by atoms with Gasteiger partial charge in [0.2, 0.25) is 0 Å². The normalized spacial score (nSPS) is 15.3. The summed E-state index contributed by atoms with van der Waals surface area (Å²) in [5, 5.41) is 11.7. The molecule has 8 heteroatoms. The molecule has 1 N–H and O–H groups in total. The van der Waals surface area contributed by atoms with Crippen molar-refractivity contribution in [1.82, 2.24) is 9.88 Å². The third kappa shape index (κ3) is 4.73. The molecule has 0 spiro atoms. The summed E-state index contributed by atoms with van der Waals surface area (Å²) < 4.78 is 39.9. The molecule has 0 amide bonds. The van der Waals surface area contributed by atoms with Crippen molar-refractivity contribution in [1.29, 1.82) is 5.26 Å². The number of pyridine rings is 1. The van der Waals surface area contributed by atoms with Crippen molar-refractivity contribution in [2.75, 3.05) is 42.9 Å². The lowest BCUT2D eigenvalue weighted by Crippen LogP contribution is -2.46. The van der Waals surface area contributed by atoms with Crippen LogP contribution >= 0.6 is 0 Å². The van der Waals surface area contributed by atoms with Crippen LogP contribution in [-0.2, 0) is 12.7 Å². The molecule has 2 aromatic rings. The van der Waals surface area contributed by atoms with Crippen LogP contribution < -0.4 is 10.2 Å². The lowest BCUT2D eigenvalue weighted by Gasteiger charge is -2.34. The van der Waals surface area contributed by atoms with E-state index in [1.165, 1.54) is 12.1 Å². The molecule has 0 unspecified atom stereocenters. The summed E-state index contributed by atoms with van der Waals surface area (Å²) in [7, 11) is 0. The SMILES string of the molecule is CCN1CCN(c2cc(CNc3ccc(C#N)cc3C(F)(F)F)ccn2)CC1. The third-order valence-electron chi connectivity index (χ3n) is 4.89. The van der Waals surface area contributed by atoms with Gasteiger partial charge >= 0.3 is 6.18 Å². The molecule has 0 bridgehead atoms. The van der Waals surface area contributed by atoms with Crippen LogP contribution in [0.15, 0.2) is 36.5 Å². The molecular weight excluding hydrogens is 367 g/mol. The van der Waals surface area contributed by atoms with Crippen LogP contribution in [0, 0.1) is 11.3 Å². The molecule has 28 heavy (non-hydrogen) atoms. The zero-order valence-electron chi connectivity index (χ0n) is 15.6. The minimum absolute atomic E-state index is 0.0182. The highest BCUT2D eigenvalue weighted by molar-refractivity contribution is 5.56. The van der Waals surface area contributed by atoms with Crippen molar-refractivity contribution in [3.05, 3.63) is 53.2 Å². The third-order valence-corrected chi connectivity index (χ3v) is 4.89. The van der Waals surface area contributed by atoms with Gasteiger partial charge in [-0.3, -0.25) is 0 Å². The number of benzene rings is 1. The number of rotatable bonds is 5. The number of alkyl halides is 3. The summed E-state index contributed by atoms with van der Waals surface area (Å²) >= 11 is 0. The molecule has 0 radical (unpaired) electrons. The van der Waals surface area contributed by atoms with Crippen molar-refractivity contribution in [3.8, 4) is 6.07 Å². The highest BCUT2D eigenvalue weighted by atomic mass is 19.4. The van der Waals surface area contributed by atoms with E-state index in [0.717, 1.165) is 50.2 Å². The Hall–Kier alpha value is -2.79. The van der Waals surface area contributed by atoms with Gasteiger partial charge in [0, 0.05) is 44.6 Å². The van der Waals surface area contributed by atoms with E-state index in [2.05, 4.69) is 27.0 Å². The van der Waals surface area contributed by atoms with Crippen molar-refractivity contribution < 1.29 is 13.2 Å². The molecule has 5 nitrogen and oxygen atoms in total. The molecule has 148 valence electrons. The van der Waals surface area contributed by atoms with Crippen LogP contribution in [-0.4, -0.2) is 42.6 Å². The summed E-state index contributed by atoms with van der Waals surface area (Å²) in [6.07, 6.45) is -2.85. The lowest BCUT2D eigenvalue weighted by atomic mass is 10.1. The van der Waals surface area contributed by atoms with Gasteiger partial charge in [0.25, 0.3) is 0 Å². The second-order valence-electron chi connectivity index (χ2n) is 6.67. The van der Waals surface area contributed by atoms with E-state index in [9.17, 15) is 13.2 Å². The molecule has 1 saturated heterocycles. The number of hydrogen-bond donors (Lipinski definition) is 1. The van der Waals surface area contributed by atoms with Crippen molar-refractivity contribution in [2.45, 2.75) is 19.6 Å². The Kier molecular flexibility index (Phi) is 6.05. The molecule has 0 saturated carbocycles. The first-order valence-corrected chi connectivity index (χ1v) is 9.18. The molecule has 1 aromatic carbocycles. The van der Waals surface area contributed by atoms with E-state index in [-0.39, 0.29) is 17.8 Å². The summed E-state index contributed by atoms with van der Waals surface area (Å²) in [4.78, 5) is 8.97. The van der Waals surface area contributed by atoms with Gasteiger partial charge in [-0.2, -0.15) is 18.4 Å². The Labute approximate surface area is 162 Å². The average molecular weight is 389 g/mol. The quantitative estimate of drug-likeness (QED) is 0.845. The molecule has 0 atom stereocenters. The minimum atomic E-state index is -4.53. The standard InChI is InChI=1S/C20H22F3N5/c1-2-27-7-9-28(10-8-27)19-12-16(5-6-25-19)14-26-18-4-3-15(13-24)11-17(18)20(21,22)23/h3-6,11-12,26H,2,7-10,14H2,1H3. The second kappa shape index (κ2) is 8.48. The Morgan fingerprint density at radius 3 is 2.54 bits per heavy atom. The fourth-order valence-electron chi connectivity index (χ4n) is 3.24. The summed E-state index contributed by atoms with van der Waals surface area (Å²) in [6.45, 7) is 7.11. The van der Waals surface area contributed by atoms with Gasteiger partial charge in [-0.25, -0.2) is 4.98 Å². The number of nitrogens with zero attached hydrogens (tertiary/aromatic N) is 4. The highest BCUT2D eigenvalue weighted by Gasteiger charge is 2.33. The van der Waals surface area contributed by atoms with Gasteiger partial charge in [0.1, 0.15) is 5.82 Å². The van der Waals surface area contributed by atoms with E-state index in [1.807, 2.05) is 6.07 Å². The molecule has 1 aliphatic heterocycles. The van der Waals surface area contributed by atoms with Gasteiger partial charge in [-0.1, -0.05) is 6.92 Å². The molecule has 1 fully saturated rings. The van der Waals surface area contributed by atoms with Crippen LogP contribution in [0.2, 0.25) is 0 Å². The maximum Gasteiger partial charge on any atom is 0.418 e. The van der Waals surface area contributed by atoms with E-state index in [4.69, 9.17) is 5.26 Å². The zero-order chi connectivity index (χ0) is 20.1. The number of likely N-dealkylation sites (N-methyl/N-ethyl adjacent to an activating group) is 1. The lowest BCUT2D eigenvalue weighted by molar-refractivity contribution is -0.137. The molecule has 3 rings (SSSR count). The van der Waals surface area contributed by atoms with Crippen molar-refractivity contribution in [2.24, 2.45) is 0 Å². The number of nitriles is 1. The maximum absolute atomic E-state index is 13.3. The largest absolute Gasteiger partial charge is 0.418 e. The van der Waals surface area contributed by atoms with Crippen LogP contribution in [0.5, 0.6) is 0 Å². The molecular formula is C20H22F3N5. The number of halogens is 3. The fraction of sp³-hybridized carbons (Fsp3) is 0.400. The first-order chi connectivity index (χ1) is 13.4. The number of nitrogens with one attached hydrogen (secondary N) is 1. The van der Waals surface area contributed by atoms with Crippen LogP contribution in [0.25, 0.3) is 0 Å². The number of piperazine rings is 1. The summed E-state index contributed by atoms with van der Waals surface area (Å²) in [5.74, 6) is 0.839. The number of aromatic nitrogens is 1. The van der Waals surface area contributed by atoms with E-state index < -0.39 is 11.7 Å². The van der Waals surface area contributed by atoms with Gasteiger partial charge in [0.05, 0.1) is 17.2 Å². The van der Waals surface area contributed by atoms with Crippen molar-refractivity contribution >= 4 is 11.5 Å². The maximum atomic E-state index is 13.3. The Morgan fingerprint density at radius 1 is 1.14 bits per heavy atom. The predicted octanol–water partition coefficient (Wildman–Crippen LogP) is 3.73. The summed E-state index contributed by atoms with van der Waals surface area (Å²) in [5.41, 5.74) is -0.0476. The van der Waals surface area contributed by atoms with E-state index in [1.54, 1.807) is 18.3 Å². The Balaban J connectivity index is 1.71. The molecule has 1 aromatic heterocycles. The van der Waals surface area contributed by atoms with Crippen LogP contribution in [0.3, 0.4) is 0 Å². The molecule has 2 heterocycles. The molecule has 0 aliphatic carbocycles. The van der Waals surface area contributed by atoms with Gasteiger partial charge in [-0.15, -0.1) is 0 Å². The van der Waals surface area contributed by atoms with E-state index in [0.29, 0.717) is 0 Å². The number of hydrogen-bond acceptors (Lipinski definition) is 5. The Morgan fingerprint density at radius 2 is 1.89 bits per heavy atom. The smallest absolute Gasteiger partial charge is 0.380 e.